The molecule has 1 aliphatic heterocycles. The molecule has 5 nitrogen and oxygen atoms in total. The second-order valence-corrected chi connectivity index (χ2v) is 9.08. The number of amides is 1. The van der Waals surface area contributed by atoms with E-state index in [0.29, 0.717) is 12.8 Å². The first-order chi connectivity index (χ1) is 12.3. The zero-order valence-electron chi connectivity index (χ0n) is 13.5. The first-order valence-electron chi connectivity index (χ1n) is 7.82. The zero-order valence-corrected chi connectivity index (χ0v) is 16.6. The Labute approximate surface area is 164 Å². The van der Waals surface area contributed by atoms with Gasteiger partial charge in [0.15, 0.2) is 0 Å². The summed E-state index contributed by atoms with van der Waals surface area (Å²) in [6.45, 7) is 0.231. The van der Waals surface area contributed by atoms with Gasteiger partial charge in [-0.3, -0.25) is 4.79 Å². The summed E-state index contributed by atoms with van der Waals surface area (Å²) in [6, 6.07) is 9.10. The van der Waals surface area contributed by atoms with Crippen molar-refractivity contribution in [3.05, 3.63) is 57.8 Å². The molecule has 9 heteroatoms. The van der Waals surface area contributed by atoms with Crippen LogP contribution in [0.1, 0.15) is 12.8 Å². The molecule has 1 amide bonds. The highest BCUT2D eigenvalue weighted by molar-refractivity contribution is 9.10. The Morgan fingerprint density at radius 2 is 1.92 bits per heavy atom. The molecule has 26 heavy (non-hydrogen) atoms. The van der Waals surface area contributed by atoms with Gasteiger partial charge < -0.3 is 5.32 Å². The molecule has 0 aromatic heterocycles. The molecule has 0 radical (unpaired) electrons. The van der Waals surface area contributed by atoms with Crippen LogP contribution in [-0.4, -0.2) is 31.2 Å². The summed E-state index contributed by atoms with van der Waals surface area (Å²) in [7, 11) is -3.83. The minimum Gasteiger partial charge on any atom is -0.322 e. The Kier molecular flexibility index (Phi) is 5.67. The van der Waals surface area contributed by atoms with Crippen LogP contribution in [0.3, 0.4) is 0 Å². The monoisotopic (exact) mass is 460 g/mol. The third kappa shape index (κ3) is 3.93. The summed E-state index contributed by atoms with van der Waals surface area (Å²) in [5, 5.41) is 2.71. The lowest BCUT2D eigenvalue weighted by Gasteiger charge is -2.23. The average molecular weight is 462 g/mol. The second kappa shape index (κ2) is 7.64. The molecule has 1 fully saturated rings. The van der Waals surface area contributed by atoms with Gasteiger partial charge in [0.1, 0.15) is 11.9 Å². The number of carbonyl (C=O) groups excluding carboxylic acids is 1. The Bertz CT molecular complexity index is 938. The molecule has 2 aromatic rings. The molecule has 0 saturated carbocycles. The summed E-state index contributed by atoms with van der Waals surface area (Å²) in [5.41, 5.74) is -0.0737. The van der Waals surface area contributed by atoms with Gasteiger partial charge in [0.05, 0.1) is 10.6 Å². The van der Waals surface area contributed by atoms with Gasteiger partial charge in [-0.1, -0.05) is 27.5 Å². The smallest absolute Gasteiger partial charge is 0.243 e. The van der Waals surface area contributed by atoms with Crippen molar-refractivity contribution >= 4 is 49.1 Å². The lowest BCUT2D eigenvalue weighted by Crippen LogP contribution is -2.43. The van der Waals surface area contributed by atoms with Crippen molar-refractivity contribution in [2.45, 2.75) is 23.8 Å². The summed E-state index contributed by atoms with van der Waals surface area (Å²) in [4.78, 5) is 12.7. The summed E-state index contributed by atoms with van der Waals surface area (Å²) >= 11 is 9.09. The van der Waals surface area contributed by atoms with E-state index in [2.05, 4.69) is 21.2 Å². The van der Waals surface area contributed by atoms with E-state index in [4.69, 9.17) is 11.6 Å². The lowest BCUT2D eigenvalue weighted by molar-refractivity contribution is -0.119. The van der Waals surface area contributed by atoms with Crippen LogP contribution in [0.15, 0.2) is 51.8 Å². The highest BCUT2D eigenvalue weighted by Crippen LogP contribution is 2.28. The summed E-state index contributed by atoms with van der Waals surface area (Å²) < 4.78 is 41.5. The molecule has 2 aromatic carbocycles. The van der Waals surface area contributed by atoms with Gasteiger partial charge in [-0.05, 0) is 55.3 Å². The van der Waals surface area contributed by atoms with Crippen molar-refractivity contribution in [2.24, 2.45) is 0 Å². The number of benzene rings is 2. The van der Waals surface area contributed by atoms with Gasteiger partial charge >= 0.3 is 0 Å². The van der Waals surface area contributed by atoms with E-state index >= 15 is 0 Å². The molecule has 1 saturated heterocycles. The largest absolute Gasteiger partial charge is 0.322 e. The molecular formula is C17H15BrClFN2O3S. The minimum atomic E-state index is -3.83. The van der Waals surface area contributed by atoms with Crippen molar-refractivity contribution in [3.8, 4) is 0 Å². The number of anilines is 1. The number of halogens is 3. The number of hydrogen-bond donors (Lipinski definition) is 1. The van der Waals surface area contributed by atoms with Crippen LogP contribution in [-0.2, 0) is 14.8 Å². The number of carbonyl (C=O) groups is 1. The van der Waals surface area contributed by atoms with E-state index in [0.717, 1.165) is 14.8 Å². The quantitative estimate of drug-likeness (QED) is 0.747. The molecule has 0 unspecified atom stereocenters. The number of sulfonamides is 1. The zero-order chi connectivity index (χ0) is 18.9. The van der Waals surface area contributed by atoms with Gasteiger partial charge in [-0.2, -0.15) is 4.31 Å². The van der Waals surface area contributed by atoms with Crippen molar-refractivity contribution in [1.82, 2.24) is 4.31 Å². The molecule has 3 rings (SSSR count). The standard InChI is InChI=1S/C17H15BrClFN2O3S/c18-11-3-6-13(7-4-11)26(24,25)22-9-1-2-16(22)17(23)21-15-10-12(19)5-8-14(15)20/h3-8,10,16H,1-2,9H2,(H,21,23)/t16-/m1/s1. The van der Waals surface area contributed by atoms with Crippen LogP contribution in [0.2, 0.25) is 5.02 Å². The van der Waals surface area contributed by atoms with Gasteiger partial charge in [-0.25, -0.2) is 12.8 Å². The van der Waals surface area contributed by atoms with E-state index in [1.165, 1.54) is 24.3 Å². The maximum absolute atomic E-state index is 13.8. The summed E-state index contributed by atoms with van der Waals surface area (Å²) in [6.07, 6.45) is 0.912. The average Bonchev–Trinajstić information content (AvgIpc) is 3.09. The Morgan fingerprint density at radius 3 is 2.62 bits per heavy atom. The molecular weight excluding hydrogens is 447 g/mol. The van der Waals surface area contributed by atoms with Gasteiger partial charge in [0, 0.05) is 16.0 Å². The van der Waals surface area contributed by atoms with Crippen molar-refractivity contribution < 1.29 is 17.6 Å². The maximum Gasteiger partial charge on any atom is 0.243 e. The van der Waals surface area contributed by atoms with E-state index in [1.807, 2.05) is 0 Å². The molecule has 0 bridgehead atoms. The van der Waals surface area contributed by atoms with Crippen molar-refractivity contribution in [1.29, 1.82) is 0 Å². The Hall–Kier alpha value is -1.48. The van der Waals surface area contributed by atoms with Crippen LogP contribution in [0.25, 0.3) is 0 Å². The molecule has 1 aliphatic rings. The van der Waals surface area contributed by atoms with E-state index in [9.17, 15) is 17.6 Å². The van der Waals surface area contributed by atoms with Crippen molar-refractivity contribution in [2.75, 3.05) is 11.9 Å². The van der Waals surface area contributed by atoms with E-state index in [1.54, 1.807) is 12.1 Å². The topological polar surface area (TPSA) is 66.5 Å². The first kappa shape index (κ1) is 19.3. The van der Waals surface area contributed by atoms with Crippen molar-refractivity contribution in [3.63, 3.8) is 0 Å². The first-order valence-corrected chi connectivity index (χ1v) is 10.4. The van der Waals surface area contributed by atoms with Crippen LogP contribution >= 0.6 is 27.5 Å². The van der Waals surface area contributed by atoms with Gasteiger partial charge in [0.25, 0.3) is 0 Å². The predicted octanol–water partition coefficient (Wildman–Crippen LogP) is 4.03. The third-order valence-corrected chi connectivity index (χ3v) is 6.80. The fourth-order valence-corrected chi connectivity index (χ4v) is 4.93. The minimum absolute atomic E-state index is 0.0737. The maximum atomic E-state index is 13.8. The lowest BCUT2D eigenvalue weighted by atomic mass is 10.2. The molecule has 138 valence electrons. The normalized spacial score (nSPS) is 18.0. The van der Waals surface area contributed by atoms with Crippen LogP contribution < -0.4 is 5.32 Å². The third-order valence-electron chi connectivity index (χ3n) is 4.11. The van der Waals surface area contributed by atoms with Crippen LogP contribution in [0.5, 0.6) is 0 Å². The number of nitrogens with zero attached hydrogens (tertiary/aromatic N) is 1. The Balaban J connectivity index is 1.84. The van der Waals surface area contributed by atoms with Crippen LogP contribution in [0, 0.1) is 5.82 Å². The fraction of sp³-hybridized carbons (Fsp3) is 0.235. The second-order valence-electron chi connectivity index (χ2n) is 5.84. The molecule has 1 atom stereocenters. The SMILES string of the molecule is O=C(Nc1cc(Cl)ccc1F)[C@H]1CCCN1S(=O)(=O)c1ccc(Br)cc1. The van der Waals surface area contributed by atoms with E-state index < -0.39 is 27.8 Å². The van der Waals surface area contributed by atoms with Gasteiger partial charge in [0.2, 0.25) is 15.9 Å². The number of hydrogen-bond acceptors (Lipinski definition) is 3. The highest BCUT2D eigenvalue weighted by atomic mass is 79.9. The fourth-order valence-electron chi connectivity index (χ4n) is 2.84. The Morgan fingerprint density at radius 1 is 1.23 bits per heavy atom. The van der Waals surface area contributed by atoms with E-state index in [-0.39, 0.29) is 22.2 Å². The number of nitrogens with one attached hydrogen (secondary N) is 1. The molecule has 0 spiro atoms. The highest BCUT2D eigenvalue weighted by Gasteiger charge is 2.39. The van der Waals surface area contributed by atoms with Gasteiger partial charge in [-0.15, -0.1) is 0 Å². The molecule has 1 heterocycles. The molecule has 0 aliphatic carbocycles. The number of rotatable bonds is 4. The predicted molar refractivity (Wildman–Crippen MR) is 101 cm³/mol. The summed E-state index contributed by atoms with van der Waals surface area (Å²) in [5.74, 6) is -1.22. The molecule has 1 N–H and O–H groups in total. The van der Waals surface area contributed by atoms with Crippen LogP contribution in [0.4, 0.5) is 10.1 Å².